The van der Waals surface area contributed by atoms with Crippen LogP contribution in [-0.4, -0.2) is 0 Å². The highest BCUT2D eigenvalue weighted by Crippen LogP contribution is 2.40. The summed E-state index contributed by atoms with van der Waals surface area (Å²) >= 11 is 0. The first kappa shape index (κ1) is 13.1. The maximum atomic E-state index is 2.50. The lowest BCUT2D eigenvalue weighted by Gasteiger charge is -2.36. The summed E-state index contributed by atoms with van der Waals surface area (Å²) in [5, 5.41) is 0. The van der Waals surface area contributed by atoms with Crippen molar-refractivity contribution in [2.24, 2.45) is 29.6 Å². The van der Waals surface area contributed by atoms with E-state index in [1.807, 2.05) is 0 Å². The van der Waals surface area contributed by atoms with Crippen LogP contribution in [0, 0.1) is 29.6 Å². The van der Waals surface area contributed by atoms with Crippen molar-refractivity contribution in [3.05, 3.63) is 0 Å². The Morgan fingerprint density at radius 2 is 1.47 bits per heavy atom. The second kappa shape index (κ2) is 5.92. The van der Waals surface area contributed by atoms with Gasteiger partial charge < -0.3 is 0 Å². The van der Waals surface area contributed by atoms with Gasteiger partial charge in [0.15, 0.2) is 0 Å². The normalized spacial score (nSPS) is 37.0. The van der Waals surface area contributed by atoms with Crippen LogP contribution in [0.3, 0.4) is 0 Å². The molecule has 1 saturated carbocycles. The van der Waals surface area contributed by atoms with Crippen LogP contribution in [0.4, 0.5) is 0 Å². The topological polar surface area (TPSA) is 0 Å². The molecule has 15 heavy (non-hydrogen) atoms. The molecule has 0 heteroatoms. The van der Waals surface area contributed by atoms with Crippen LogP contribution in [0.25, 0.3) is 0 Å². The summed E-state index contributed by atoms with van der Waals surface area (Å²) in [5.74, 6) is 4.69. The Balaban J connectivity index is 2.68. The van der Waals surface area contributed by atoms with Crippen LogP contribution in [0.5, 0.6) is 0 Å². The van der Waals surface area contributed by atoms with Crippen LogP contribution in [-0.2, 0) is 0 Å². The van der Waals surface area contributed by atoms with Crippen molar-refractivity contribution in [3.63, 3.8) is 0 Å². The fourth-order valence-electron chi connectivity index (χ4n) is 3.67. The predicted molar refractivity (Wildman–Crippen MR) is 68.9 cm³/mol. The lowest BCUT2D eigenvalue weighted by molar-refractivity contribution is 0.133. The molecule has 1 aliphatic rings. The van der Waals surface area contributed by atoms with Crippen LogP contribution in [0.1, 0.15) is 66.7 Å². The van der Waals surface area contributed by atoms with Gasteiger partial charge in [0, 0.05) is 0 Å². The molecule has 0 aromatic carbocycles. The number of hydrogen-bond acceptors (Lipinski definition) is 0. The van der Waals surface area contributed by atoms with Crippen molar-refractivity contribution < 1.29 is 0 Å². The molecule has 0 aliphatic heterocycles. The minimum absolute atomic E-state index is 0.901. The third-order valence-electron chi connectivity index (χ3n) is 5.03. The van der Waals surface area contributed by atoms with E-state index in [-0.39, 0.29) is 0 Å². The molecule has 1 aliphatic carbocycles. The Morgan fingerprint density at radius 1 is 1.00 bits per heavy atom. The largest absolute Gasteiger partial charge is 0.0651 e. The first-order chi connectivity index (χ1) is 7.07. The molecule has 90 valence electrons. The Kier molecular flexibility index (Phi) is 5.15. The third kappa shape index (κ3) is 3.23. The Bertz CT molecular complexity index is 161. The molecule has 1 rings (SSSR count). The van der Waals surface area contributed by atoms with Crippen molar-refractivity contribution in [2.45, 2.75) is 66.7 Å². The summed E-state index contributed by atoms with van der Waals surface area (Å²) in [6, 6.07) is 0. The van der Waals surface area contributed by atoms with Crippen LogP contribution >= 0.6 is 0 Å². The fourth-order valence-corrected chi connectivity index (χ4v) is 3.67. The van der Waals surface area contributed by atoms with Crippen LogP contribution in [0.15, 0.2) is 0 Å². The minimum atomic E-state index is 0.901. The van der Waals surface area contributed by atoms with Gasteiger partial charge in [-0.15, -0.1) is 0 Å². The molecular formula is C15H30. The summed E-state index contributed by atoms with van der Waals surface area (Å²) in [6.45, 7) is 12.3. The Hall–Kier alpha value is 0. The molecule has 4 atom stereocenters. The highest BCUT2D eigenvalue weighted by atomic mass is 14.4. The zero-order chi connectivity index (χ0) is 11.4. The van der Waals surface area contributed by atoms with Crippen molar-refractivity contribution in [1.29, 1.82) is 0 Å². The van der Waals surface area contributed by atoms with E-state index in [2.05, 4.69) is 34.6 Å². The zero-order valence-electron chi connectivity index (χ0n) is 11.4. The maximum absolute atomic E-state index is 2.50. The molecule has 0 radical (unpaired) electrons. The molecule has 0 heterocycles. The summed E-state index contributed by atoms with van der Waals surface area (Å²) in [6.07, 6.45) is 7.22. The smallest absolute Gasteiger partial charge is 0.0334 e. The lowest BCUT2D eigenvalue weighted by atomic mass is 9.70. The van der Waals surface area contributed by atoms with Crippen molar-refractivity contribution in [2.75, 3.05) is 0 Å². The van der Waals surface area contributed by atoms with Gasteiger partial charge in [-0.25, -0.2) is 0 Å². The Labute approximate surface area is 96.8 Å². The lowest BCUT2D eigenvalue weighted by Crippen LogP contribution is -2.29. The van der Waals surface area contributed by atoms with E-state index in [4.69, 9.17) is 0 Å². The molecule has 0 spiro atoms. The molecule has 0 nitrogen and oxygen atoms in total. The number of rotatable bonds is 3. The van der Waals surface area contributed by atoms with E-state index in [1.165, 1.54) is 32.1 Å². The van der Waals surface area contributed by atoms with E-state index in [9.17, 15) is 0 Å². The SMILES string of the molecule is CCC(C)C(C)C1C(C)CCCCC1C. The summed E-state index contributed by atoms with van der Waals surface area (Å²) in [4.78, 5) is 0. The third-order valence-corrected chi connectivity index (χ3v) is 5.03. The first-order valence-electron chi connectivity index (χ1n) is 7.07. The van der Waals surface area contributed by atoms with Gasteiger partial charge in [0.2, 0.25) is 0 Å². The second-order valence-corrected chi connectivity index (χ2v) is 6.06. The van der Waals surface area contributed by atoms with Gasteiger partial charge in [-0.2, -0.15) is 0 Å². The van der Waals surface area contributed by atoms with Crippen molar-refractivity contribution >= 4 is 0 Å². The highest BCUT2D eigenvalue weighted by molar-refractivity contribution is 4.81. The molecule has 0 bridgehead atoms. The molecule has 0 saturated heterocycles. The maximum Gasteiger partial charge on any atom is -0.0334 e. The molecular weight excluding hydrogens is 180 g/mol. The summed E-state index contributed by atoms with van der Waals surface area (Å²) in [5.41, 5.74) is 0. The molecule has 4 unspecified atom stereocenters. The van der Waals surface area contributed by atoms with E-state index >= 15 is 0 Å². The standard InChI is InChI=1S/C15H30/c1-6-11(2)14(5)15-12(3)9-7-8-10-13(15)4/h11-15H,6-10H2,1-5H3. The van der Waals surface area contributed by atoms with E-state index in [0.717, 1.165) is 29.6 Å². The quantitative estimate of drug-likeness (QED) is 0.566. The molecule has 1 fully saturated rings. The van der Waals surface area contributed by atoms with Gasteiger partial charge in [0.05, 0.1) is 0 Å². The average molecular weight is 210 g/mol. The van der Waals surface area contributed by atoms with Gasteiger partial charge in [0.25, 0.3) is 0 Å². The summed E-state index contributed by atoms with van der Waals surface area (Å²) < 4.78 is 0. The predicted octanol–water partition coefficient (Wildman–Crippen LogP) is 5.13. The van der Waals surface area contributed by atoms with Crippen molar-refractivity contribution in [1.82, 2.24) is 0 Å². The van der Waals surface area contributed by atoms with Crippen LogP contribution < -0.4 is 0 Å². The van der Waals surface area contributed by atoms with E-state index < -0.39 is 0 Å². The fraction of sp³-hybridized carbons (Fsp3) is 1.00. The van der Waals surface area contributed by atoms with Crippen LogP contribution in [0.2, 0.25) is 0 Å². The van der Waals surface area contributed by atoms with Gasteiger partial charge in [-0.3, -0.25) is 0 Å². The zero-order valence-corrected chi connectivity index (χ0v) is 11.4. The highest BCUT2D eigenvalue weighted by Gasteiger charge is 2.32. The Morgan fingerprint density at radius 3 is 1.87 bits per heavy atom. The van der Waals surface area contributed by atoms with Gasteiger partial charge in [0.1, 0.15) is 0 Å². The van der Waals surface area contributed by atoms with Gasteiger partial charge in [-0.05, 0) is 29.6 Å². The van der Waals surface area contributed by atoms with Crippen molar-refractivity contribution in [3.8, 4) is 0 Å². The molecule has 0 N–H and O–H groups in total. The average Bonchev–Trinajstić information content (AvgIpc) is 2.38. The first-order valence-corrected chi connectivity index (χ1v) is 7.07. The minimum Gasteiger partial charge on any atom is -0.0651 e. The summed E-state index contributed by atoms with van der Waals surface area (Å²) in [7, 11) is 0. The monoisotopic (exact) mass is 210 g/mol. The second-order valence-electron chi connectivity index (χ2n) is 6.06. The van der Waals surface area contributed by atoms with E-state index in [1.54, 1.807) is 0 Å². The molecule has 0 amide bonds. The van der Waals surface area contributed by atoms with Gasteiger partial charge in [-0.1, -0.05) is 66.7 Å². The van der Waals surface area contributed by atoms with E-state index in [0.29, 0.717) is 0 Å². The molecule has 0 aromatic heterocycles. The molecule has 0 aromatic rings. The van der Waals surface area contributed by atoms with Gasteiger partial charge >= 0.3 is 0 Å². The number of hydrogen-bond donors (Lipinski definition) is 0.